The number of alkyl carbamates (subject to hydrolysis) is 1. The van der Waals surface area contributed by atoms with Gasteiger partial charge in [0.05, 0.1) is 6.20 Å². The summed E-state index contributed by atoms with van der Waals surface area (Å²) in [5.41, 5.74) is 1.00. The number of aryl methyl sites for hydroxylation is 1. The SMILES string of the molecule is O=C(NCC1CCN(CCCn2ccnn2)CC1)OCc1ccccc1. The zero-order valence-corrected chi connectivity index (χ0v) is 15.1. The van der Waals surface area contributed by atoms with E-state index < -0.39 is 0 Å². The van der Waals surface area contributed by atoms with Crippen molar-refractivity contribution in [3.05, 3.63) is 48.3 Å². The van der Waals surface area contributed by atoms with Gasteiger partial charge in [0.25, 0.3) is 0 Å². The number of piperidine rings is 1. The summed E-state index contributed by atoms with van der Waals surface area (Å²) in [7, 11) is 0. The molecular formula is C19H27N5O2. The molecule has 7 heteroatoms. The number of rotatable bonds is 8. The van der Waals surface area contributed by atoms with E-state index in [1.54, 1.807) is 6.20 Å². The molecule has 1 aliphatic rings. The molecule has 1 aromatic heterocycles. The first-order chi connectivity index (χ1) is 12.8. The first-order valence-electron chi connectivity index (χ1n) is 9.30. The van der Waals surface area contributed by atoms with Crippen LogP contribution in [0.15, 0.2) is 42.7 Å². The van der Waals surface area contributed by atoms with Crippen molar-refractivity contribution in [1.82, 2.24) is 25.2 Å². The molecule has 1 aromatic carbocycles. The van der Waals surface area contributed by atoms with Crippen molar-refractivity contribution >= 4 is 6.09 Å². The molecule has 1 N–H and O–H groups in total. The molecule has 0 atom stereocenters. The van der Waals surface area contributed by atoms with Crippen molar-refractivity contribution < 1.29 is 9.53 Å². The maximum absolute atomic E-state index is 11.8. The largest absolute Gasteiger partial charge is 0.445 e. The Morgan fingerprint density at radius 3 is 2.73 bits per heavy atom. The van der Waals surface area contributed by atoms with Gasteiger partial charge in [-0.15, -0.1) is 5.10 Å². The van der Waals surface area contributed by atoms with E-state index in [0.717, 1.165) is 51.0 Å². The number of ether oxygens (including phenoxy) is 1. The van der Waals surface area contributed by atoms with Crippen molar-refractivity contribution in [3.8, 4) is 0 Å². The first kappa shape index (κ1) is 18.4. The minimum atomic E-state index is -0.330. The van der Waals surface area contributed by atoms with Gasteiger partial charge < -0.3 is 15.0 Å². The lowest BCUT2D eigenvalue weighted by molar-refractivity contribution is 0.132. The second-order valence-corrected chi connectivity index (χ2v) is 6.75. The Labute approximate surface area is 154 Å². The highest BCUT2D eigenvalue weighted by atomic mass is 16.5. The molecule has 0 bridgehead atoms. The zero-order chi connectivity index (χ0) is 18.0. The van der Waals surface area contributed by atoms with Gasteiger partial charge in [-0.05, 0) is 50.4 Å². The number of carbonyl (C=O) groups excluding carboxylic acids is 1. The van der Waals surface area contributed by atoms with Crippen LogP contribution in [0.3, 0.4) is 0 Å². The van der Waals surface area contributed by atoms with Gasteiger partial charge in [0.2, 0.25) is 0 Å². The minimum absolute atomic E-state index is 0.316. The van der Waals surface area contributed by atoms with Crippen LogP contribution in [0.2, 0.25) is 0 Å². The number of aromatic nitrogens is 3. The maximum atomic E-state index is 11.8. The van der Waals surface area contributed by atoms with Crippen LogP contribution in [0.1, 0.15) is 24.8 Å². The van der Waals surface area contributed by atoms with Gasteiger partial charge in [-0.2, -0.15) is 0 Å². The van der Waals surface area contributed by atoms with Crippen LogP contribution in [0.4, 0.5) is 4.79 Å². The summed E-state index contributed by atoms with van der Waals surface area (Å²) < 4.78 is 7.13. The van der Waals surface area contributed by atoms with E-state index in [0.29, 0.717) is 19.1 Å². The molecule has 0 spiro atoms. The Morgan fingerprint density at radius 1 is 1.19 bits per heavy atom. The monoisotopic (exact) mass is 357 g/mol. The second kappa shape index (κ2) is 9.91. The van der Waals surface area contributed by atoms with Crippen LogP contribution < -0.4 is 5.32 Å². The lowest BCUT2D eigenvalue weighted by atomic mass is 9.97. The summed E-state index contributed by atoms with van der Waals surface area (Å²) in [5.74, 6) is 0.533. The summed E-state index contributed by atoms with van der Waals surface area (Å²) in [6.45, 7) is 5.18. The summed E-state index contributed by atoms with van der Waals surface area (Å²) in [5, 5.41) is 10.7. The highest BCUT2D eigenvalue weighted by Crippen LogP contribution is 2.16. The Hall–Kier alpha value is -2.41. The van der Waals surface area contributed by atoms with Gasteiger partial charge in [0.15, 0.2) is 0 Å². The van der Waals surface area contributed by atoms with Gasteiger partial charge in [0.1, 0.15) is 6.61 Å². The molecule has 0 radical (unpaired) electrons. The molecule has 1 fully saturated rings. The molecule has 2 heterocycles. The third-order valence-corrected chi connectivity index (χ3v) is 4.79. The van der Waals surface area contributed by atoms with E-state index in [4.69, 9.17) is 4.74 Å². The number of carbonyl (C=O) groups is 1. The van der Waals surface area contributed by atoms with Gasteiger partial charge in [-0.3, -0.25) is 4.68 Å². The third-order valence-electron chi connectivity index (χ3n) is 4.79. The topological polar surface area (TPSA) is 72.3 Å². The summed E-state index contributed by atoms with van der Waals surface area (Å²) in [6.07, 6.45) is 6.59. The molecule has 0 unspecified atom stereocenters. The zero-order valence-electron chi connectivity index (χ0n) is 15.1. The van der Waals surface area contributed by atoms with Crippen molar-refractivity contribution in [2.45, 2.75) is 32.4 Å². The maximum Gasteiger partial charge on any atom is 0.407 e. The standard InChI is InChI=1S/C19H27N5O2/c25-19(26-16-18-5-2-1-3-6-18)20-15-17-7-12-23(13-8-17)10-4-11-24-14-9-21-22-24/h1-3,5-6,9,14,17H,4,7-8,10-13,15-16H2,(H,20,25). The van der Waals surface area contributed by atoms with Crippen LogP contribution in [0, 0.1) is 5.92 Å². The molecule has 26 heavy (non-hydrogen) atoms. The fourth-order valence-corrected chi connectivity index (χ4v) is 3.22. The predicted octanol–water partition coefficient (Wildman–Crippen LogP) is 2.31. The van der Waals surface area contributed by atoms with E-state index in [2.05, 4.69) is 20.5 Å². The Morgan fingerprint density at radius 2 is 2.00 bits per heavy atom. The van der Waals surface area contributed by atoms with Crippen LogP contribution in [-0.4, -0.2) is 52.2 Å². The summed E-state index contributed by atoms with van der Waals surface area (Å²) in [6, 6.07) is 9.73. The first-order valence-corrected chi connectivity index (χ1v) is 9.30. The van der Waals surface area contributed by atoms with E-state index in [-0.39, 0.29) is 6.09 Å². The van der Waals surface area contributed by atoms with Crippen molar-refractivity contribution in [2.75, 3.05) is 26.2 Å². The number of benzene rings is 1. The smallest absolute Gasteiger partial charge is 0.407 e. The highest BCUT2D eigenvalue weighted by molar-refractivity contribution is 5.67. The van der Waals surface area contributed by atoms with E-state index in [9.17, 15) is 4.79 Å². The van der Waals surface area contributed by atoms with Crippen molar-refractivity contribution in [3.63, 3.8) is 0 Å². The summed E-state index contributed by atoms with van der Waals surface area (Å²) >= 11 is 0. The van der Waals surface area contributed by atoms with E-state index >= 15 is 0 Å². The van der Waals surface area contributed by atoms with Crippen molar-refractivity contribution in [2.24, 2.45) is 5.92 Å². The lowest BCUT2D eigenvalue weighted by Crippen LogP contribution is -2.39. The van der Waals surface area contributed by atoms with E-state index in [1.807, 2.05) is 41.2 Å². The fraction of sp³-hybridized carbons (Fsp3) is 0.526. The fourth-order valence-electron chi connectivity index (χ4n) is 3.22. The van der Waals surface area contributed by atoms with Gasteiger partial charge in [-0.1, -0.05) is 35.5 Å². The molecule has 0 aliphatic carbocycles. The number of amides is 1. The molecule has 140 valence electrons. The minimum Gasteiger partial charge on any atom is -0.445 e. The molecule has 2 aromatic rings. The molecule has 3 rings (SSSR count). The molecular weight excluding hydrogens is 330 g/mol. The Balaban J connectivity index is 1.25. The number of nitrogens with one attached hydrogen (secondary N) is 1. The quantitative estimate of drug-likeness (QED) is 0.785. The van der Waals surface area contributed by atoms with Crippen LogP contribution in [0.25, 0.3) is 0 Å². The lowest BCUT2D eigenvalue weighted by Gasteiger charge is -2.31. The highest BCUT2D eigenvalue weighted by Gasteiger charge is 2.19. The average Bonchev–Trinajstić information content (AvgIpc) is 3.20. The van der Waals surface area contributed by atoms with E-state index in [1.165, 1.54) is 0 Å². The second-order valence-electron chi connectivity index (χ2n) is 6.75. The van der Waals surface area contributed by atoms with Crippen molar-refractivity contribution in [1.29, 1.82) is 0 Å². The molecule has 7 nitrogen and oxygen atoms in total. The van der Waals surface area contributed by atoms with Crippen LogP contribution >= 0.6 is 0 Å². The normalized spacial score (nSPS) is 15.7. The molecule has 1 amide bonds. The van der Waals surface area contributed by atoms with Crippen LogP contribution in [0.5, 0.6) is 0 Å². The number of likely N-dealkylation sites (tertiary alicyclic amines) is 1. The Kier molecular flexibility index (Phi) is 7.01. The number of hydrogen-bond acceptors (Lipinski definition) is 5. The number of nitrogens with zero attached hydrogens (tertiary/aromatic N) is 4. The molecule has 1 saturated heterocycles. The van der Waals surface area contributed by atoms with Gasteiger partial charge >= 0.3 is 6.09 Å². The van der Waals surface area contributed by atoms with Gasteiger partial charge in [0, 0.05) is 19.3 Å². The van der Waals surface area contributed by atoms with Gasteiger partial charge in [-0.25, -0.2) is 4.79 Å². The molecule has 0 saturated carbocycles. The number of hydrogen-bond donors (Lipinski definition) is 1. The third kappa shape index (κ3) is 6.15. The van der Waals surface area contributed by atoms with Crippen LogP contribution in [-0.2, 0) is 17.9 Å². The predicted molar refractivity (Wildman–Crippen MR) is 98.4 cm³/mol. The average molecular weight is 357 g/mol. The molecule has 1 aliphatic heterocycles. The summed E-state index contributed by atoms with van der Waals surface area (Å²) in [4.78, 5) is 14.3. The Bertz CT molecular complexity index is 639.